The van der Waals surface area contributed by atoms with Crippen LogP contribution in [0.2, 0.25) is 0 Å². The molecule has 0 fully saturated rings. The predicted octanol–water partition coefficient (Wildman–Crippen LogP) is 0.425. The number of allylic oxidation sites excluding steroid dienone is 1. The highest BCUT2D eigenvalue weighted by molar-refractivity contribution is 5.57. The molecule has 0 spiro atoms. The molecule has 0 saturated heterocycles. The highest BCUT2D eigenvalue weighted by Gasteiger charge is 1.96. The summed E-state index contributed by atoms with van der Waals surface area (Å²) in [5.41, 5.74) is 0.844. The quantitative estimate of drug-likeness (QED) is 0.553. The van der Waals surface area contributed by atoms with Gasteiger partial charge >= 0.3 is 0 Å². The number of hydrogen-bond acceptors (Lipinski definition) is 3. The Kier molecular flexibility index (Phi) is 3.79. The van der Waals surface area contributed by atoms with Gasteiger partial charge in [-0.05, 0) is 13.8 Å². The highest BCUT2D eigenvalue weighted by Crippen LogP contribution is 1.81. The maximum Gasteiger partial charge on any atom is 0.291 e. The normalized spacial score (nSPS) is 13.1. The summed E-state index contributed by atoms with van der Waals surface area (Å²) in [6.07, 6.45) is 6.63. The van der Waals surface area contributed by atoms with Crippen LogP contribution in [-0.2, 0) is 0 Å². The summed E-state index contributed by atoms with van der Waals surface area (Å²) in [6, 6.07) is 0. The molecule has 0 aliphatic heterocycles. The van der Waals surface area contributed by atoms with Crippen molar-refractivity contribution < 1.29 is 0 Å². The second-order valence-corrected chi connectivity index (χ2v) is 2.98. The Balaban J connectivity index is 3.54. The van der Waals surface area contributed by atoms with Crippen molar-refractivity contribution in [1.82, 2.24) is 9.55 Å². The first kappa shape index (κ1) is 11.2. The van der Waals surface area contributed by atoms with E-state index < -0.39 is 0 Å². The van der Waals surface area contributed by atoms with Gasteiger partial charge in [-0.2, -0.15) is 0 Å². The number of nitrogens with zero attached hydrogens (tertiary/aromatic N) is 3. The monoisotopic (exact) mass is 206 g/mol. The lowest BCUT2D eigenvalue weighted by Crippen LogP contribution is -2.37. The number of H-pyrrole nitrogens is 1. The van der Waals surface area contributed by atoms with Crippen molar-refractivity contribution in [2.75, 3.05) is 7.05 Å². The van der Waals surface area contributed by atoms with Gasteiger partial charge in [0.2, 0.25) is 5.49 Å². The molecule has 5 nitrogen and oxygen atoms in total. The van der Waals surface area contributed by atoms with E-state index in [9.17, 15) is 4.79 Å². The van der Waals surface area contributed by atoms with Gasteiger partial charge in [0.1, 0.15) is 0 Å². The standard InChI is InChI=1S/C10H14N4O/c1-4-5-12-9-10(15)13-8(2)6-14(9)7-11-3/h4-7H,1-3H3,(H,13,15)/b5-4+,11-7?,12-9?. The summed E-state index contributed by atoms with van der Waals surface area (Å²) in [4.78, 5) is 22.1. The predicted molar refractivity (Wildman–Crippen MR) is 60.0 cm³/mol. The number of nitrogens with one attached hydrogen (secondary N) is 1. The minimum absolute atomic E-state index is 0.229. The molecule has 5 heteroatoms. The topological polar surface area (TPSA) is 62.5 Å². The van der Waals surface area contributed by atoms with Crippen LogP contribution in [0.15, 0.2) is 33.3 Å². The van der Waals surface area contributed by atoms with Crippen molar-refractivity contribution >= 4 is 6.34 Å². The lowest BCUT2D eigenvalue weighted by atomic mass is 10.5. The maximum atomic E-state index is 11.6. The first-order chi connectivity index (χ1) is 7.19. The van der Waals surface area contributed by atoms with Crippen LogP contribution in [0.4, 0.5) is 0 Å². The summed E-state index contributed by atoms with van der Waals surface area (Å²) in [5, 5.41) is 0. The number of aliphatic imine (C=N–C) groups is 1. The Labute approximate surface area is 87.5 Å². The fourth-order valence-corrected chi connectivity index (χ4v) is 1.14. The maximum absolute atomic E-state index is 11.6. The van der Waals surface area contributed by atoms with Crippen LogP contribution >= 0.6 is 0 Å². The summed E-state index contributed by atoms with van der Waals surface area (Å²) in [6.45, 7) is 3.64. The van der Waals surface area contributed by atoms with Gasteiger partial charge < -0.3 is 4.98 Å². The molecule has 0 aromatic carbocycles. The smallest absolute Gasteiger partial charge is 0.291 e. The zero-order chi connectivity index (χ0) is 11.3. The first-order valence-electron chi connectivity index (χ1n) is 4.58. The molecular weight excluding hydrogens is 192 g/mol. The Morgan fingerprint density at radius 2 is 2.27 bits per heavy atom. The van der Waals surface area contributed by atoms with Crippen molar-refractivity contribution in [2.24, 2.45) is 9.98 Å². The van der Waals surface area contributed by atoms with E-state index >= 15 is 0 Å². The van der Waals surface area contributed by atoms with E-state index in [4.69, 9.17) is 0 Å². The average molecular weight is 206 g/mol. The van der Waals surface area contributed by atoms with Gasteiger partial charge in [-0.3, -0.25) is 14.4 Å². The summed E-state index contributed by atoms with van der Waals surface area (Å²) in [7, 11) is 1.64. The molecule has 0 bridgehead atoms. The third-order valence-electron chi connectivity index (χ3n) is 1.68. The average Bonchev–Trinajstić information content (AvgIpc) is 2.17. The van der Waals surface area contributed by atoms with E-state index in [-0.39, 0.29) is 5.56 Å². The number of aromatic nitrogens is 2. The Morgan fingerprint density at radius 1 is 1.53 bits per heavy atom. The molecule has 1 aromatic rings. The molecule has 1 heterocycles. The van der Waals surface area contributed by atoms with Crippen LogP contribution in [0.25, 0.3) is 0 Å². The van der Waals surface area contributed by atoms with Crippen LogP contribution in [0.3, 0.4) is 0 Å². The molecule has 0 unspecified atom stereocenters. The van der Waals surface area contributed by atoms with Crippen molar-refractivity contribution in [3.05, 3.63) is 40.0 Å². The summed E-state index contributed by atoms with van der Waals surface area (Å²) in [5.74, 6) is 0. The van der Waals surface area contributed by atoms with Gasteiger partial charge in [-0.15, -0.1) is 0 Å². The lowest BCUT2D eigenvalue weighted by Gasteiger charge is -2.00. The second-order valence-electron chi connectivity index (χ2n) is 2.98. The Hall–Kier alpha value is -1.91. The van der Waals surface area contributed by atoms with E-state index in [1.54, 1.807) is 43.3 Å². The van der Waals surface area contributed by atoms with E-state index in [0.29, 0.717) is 5.49 Å². The fourth-order valence-electron chi connectivity index (χ4n) is 1.14. The highest BCUT2D eigenvalue weighted by atomic mass is 16.1. The molecule has 0 aliphatic carbocycles. The van der Waals surface area contributed by atoms with Gasteiger partial charge in [0.05, 0.1) is 6.34 Å². The SMILES string of the molecule is C/C=C/N=c1c(=O)[nH]c(C)cn1C=NC. The van der Waals surface area contributed by atoms with Crippen molar-refractivity contribution in [3.63, 3.8) is 0 Å². The van der Waals surface area contributed by atoms with Crippen LogP contribution in [0, 0.1) is 6.92 Å². The van der Waals surface area contributed by atoms with Gasteiger partial charge in [0, 0.05) is 25.1 Å². The number of aryl methyl sites for hydroxylation is 1. The van der Waals surface area contributed by atoms with Gasteiger partial charge in [-0.1, -0.05) is 6.08 Å². The summed E-state index contributed by atoms with van der Waals surface area (Å²) >= 11 is 0. The van der Waals surface area contributed by atoms with Crippen LogP contribution < -0.4 is 11.0 Å². The molecule has 80 valence electrons. The first-order valence-corrected chi connectivity index (χ1v) is 4.58. The van der Waals surface area contributed by atoms with Crippen molar-refractivity contribution in [2.45, 2.75) is 13.8 Å². The van der Waals surface area contributed by atoms with Gasteiger partial charge in [0.25, 0.3) is 5.56 Å². The lowest BCUT2D eigenvalue weighted by molar-refractivity contribution is 0.916. The number of hydrogen-bond donors (Lipinski definition) is 1. The number of aromatic amines is 1. The van der Waals surface area contributed by atoms with Crippen LogP contribution in [0.1, 0.15) is 12.6 Å². The van der Waals surface area contributed by atoms with Gasteiger partial charge in [-0.25, -0.2) is 4.99 Å². The Morgan fingerprint density at radius 3 is 2.87 bits per heavy atom. The van der Waals surface area contributed by atoms with Crippen LogP contribution in [-0.4, -0.2) is 22.9 Å². The van der Waals surface area contributed by atoms with Gasteiger partial charge in [0.15, 0.2) is 0 Å². The molecule has 0 saturated carbocycles. The largest absolute Gasteiger partial charge is 0.322 e. The fraction of sp³-hybridized carbons (Fsp3) is 0.300. The molecule has 1 N–H and O–H groups in total. The van der Waals surface area contributed by atoms with E-state index in [1.165, 1.54) is 0 Å². The minimum atomic E-state index is -0.229. The molecule has 0 amide bonds. The minimum Gasteiger partial charge on any atom is -0.322 e. The molecule has 0 radical (unpaired) electrons. The Bertz CT molecular complexity index is 505. The molecular formula is C10H14N4O. The van der Waals surface area contributed by atoms with E-state index in [1.807, 2.05) is 6.92 Å². The van der Waals surface area contributed by atoms with Crippen LogP contribution in [0.5, 0.6) is 0 Å². The third kappa shape index (κ3) is 2.77. The summed E-state index contributed by atoms with van der Waals surface area (Å²) < 4.78 is 1.59. The molecule has 15 heavy (non-hydrogen) atoms. The molecule has 1 rings (SSSR count). The molecule has 1 aromatic heterocycles. The van der Waals surface area contributed by atoms with E-state index in [0.717, 1.165) is 5.69 Å². The van der Waals surface area contributed by atoms with E-state index in [2.05, 4.69) is 15.0 Å². The van der Waals surface area contributed by atoms with Crippen molar-refractivity contribution in [3.8, 4) is 0 Å². The molecule has 0 aliphatic rings. The van der Waals surface area contributed by atoms with Crippen molar-refractivity contribution in [1.29, 1.82) is 0 Å². The third-order valence-corrected chi connectivity index (χ3v) is 1.68. The number of rotatable bonds is 2. The molecule has 0 atom stereocenters. The zero-order valence-corrected chi connectivity index (χ0v) is 9.06. The second kappa shape index (κ2) is 5.09. The zero-order valence-electron chi connectivity index (χ0n) is 9.06.